The molecular formula is C11H10N2O. The van der Waals surface area contributed by atoms with Crippen molar-refractivity contribution in [3.8, 4) is 0 Å². The highest BCUT2D eigenvalue weighted by Crippen LogP contribution is 2.29. The molecule has 1 aromatic carbocycles. The molecule has 3 nitrogen and oxygen atoms in total. The SMILES string of the molecule is Cc1cc2nccc2c2c(C)[nH]oc12. The van der Waals surface area contributed by atoms with Crippen LogP contribution in [0.2, 0.25) is 0 Å². The van der Waals surface area contributed by atoms with Gasteiger partial charge in [0.1, 0.15) is 0 Å². The fourth-order valence-corrected chi connectivity index (χ4v) is 1.95. The number of rotatable bonds is 0. The van der Waals surface area contributed by atoms with E-state index in [4.69, 9.17) is 4.52 Å². The molecule has 0 saturated carbocycles. The van der Waals surface area contributed by atoms with E-state index in [9.17, 15) is 0 Å². The number of benzene rings is 1. The molecule has 3 rings (SSSR count). The number of fused-ring (bicyclic) bond motifs is 3. The summed E-state index contributed by atoms with van der Waals surface area (Å²) in [4.78, 5) is 4.29. The Balaban J connectivity index is 2.70. The average molecular weight is 186 g/mol. The van der Waals surface area contributed by atoms with E-state index < -0.39 is 0 Å². The van der Waals surface area contributed by atoms with Crippen molar-refractivity contribution in [2.45, 2.75) is 13.8 Å². The lowest BCUT2D eigenvalue weighted by Gasteiger charge is -1.95. The molecular weight excluding hydrogens is 176 g/mol. The van der Waals surface area contributed by atoms with Crippen molar-refractivity contribution in [2.24, 2.45) is 0 Å². The van der Waals surface area contributed by atoms with Gasteiger partial charge in [0, 0.05) is 11.6 Å². The van der Waals surface area contributed by atoms with Crippen molar-refractivity contribution in [1.82, 2.24) is 10.1 Å². The molecule has 0 spiro atoms. The Kier molecular flexibility index (Phi) is 1.29. The monoisotopic (exact) mass is 186 g/mol. The topological polar surface area (TPSA) is 41.8 Å². The minimum atomic E-state index is 0.933. The van der Waals surface area contributed by atoms with Gasteiger partial charge in [0.05, 0.1) is 16.6 Å². The second-order valence-electron chi connectivity index (χ2n) is 3.60. The Hall–Kier alpha value is -1.77. The third-order valence-electron chi connectivity index (χ3n) is 2.62. The van der Waals surface area contributed by atoms with Crippen molar-refractivity contribution >= 4 is 21.9 Å². The second kappa shape index (κ2) is 2.38. The van der Waals surface area contributed by atoms with E-state index >= 15 is 0 Å². The second-order valence-corrected chi connectivity index (χ2v) is 3.60. The third kappa shape index (κ3) is 0.789. The Labute approximate surface area is 80.7 Å². The fourth-order valence-electron chi connectivity index (χ4n) is 1.95. The molecule has 0 amide bonds. The summed E-state index contributed by atoms with van der Waals surface area (Å²) >= 11 is 0. The minimum absolute atomic E-state index is 0.933. The molecule has 0 radical (unpaired) electrons. The normalized spacial score (nSPS) is 11.6. The number of aromatic amines is 1. The molecule has 14 heavy (non-hydrogen) atoms. The van der Waals surface area contributed by atoms with Gasteiger partial charge in [-0.1, -0.05) is 0 Å². The van der Waals surface area contributed by atoms with Gasteiger partial charge < -0.3 is 4.52 Å². The maximum absolute atomic E-state index is 5.40. The summed E-state index contributed by atoms with van der Waals surface area (Å²) < 4.78 is 5.40. The third-order valence-corrected chi connectivity index (χ3v) is 2.62. The molecule has 0 aliphatic carbocycles. The number of nitrogens with one attached hydrogen (secondary N) is 1. The quantitative estimate of drug-likeness (QED) is 0.586. The van der Waals surface area contributed by atoms with Crippen LogP contribution in [-0.2, 0) is 0 Å². The highest BCUT2D eigenvalue weighted by molar-refractivity contribution is 6.07. The first-order valence-corrected chi connectivity index (χ1v) is 4.59. The molecule has 3 heteroatoms. The van der Waals surface area contributed by atoms with E-state index in [0.29, 0.717) is 0 Å². The van der Waals surface area contributed by atoms with Gasteiger partial charge in [-0.2, -0.15) is 0 Å². The Morgan fingerprint density at radius 2 is 2.21 bits per heavy atom. The fraction of sp³-hybridized carbons (Fsp3) is 0.182. The van der Waals surface area contributed by atoms with Crippen LogP contribution >= 0.6 is 0 Å². The summed E-state index contributed by atoms with van der Waals surface area (Å²) in [6.07, 6.45) is 1.83. The number of hydrogen-bond donors (Lipinski definition) is 1. The van der Waals surface area contributed by atoms with Crippen molar-refractivity contribution < 1.29 is 4.52 Å². The van der Waals surface area contributed by atoms with Gasteiger partial charge in [-0.25, -0.2) is 5.16 Å². The van der Waals surface area contributed by atoms with Gasteiger partial charge in [0.25, 0.3) is 0 Å². The van der Waals surface area contributed by atoms with E-state index in [0.717, 1.165) is 33.1 Å². The van der Waals surface area contributed by atoms with Crippen molar-refractivity contribution in [3.05, 3.63) is 29.6 Å². The lowest BCUT2D eigenvalue weighted by Crippen LogP contribution is -1.77. The first-order valence-electron chi connectivity index (χ1n) is 4.59. The Morgan fingerprint density at radius 3 is 3.07 bits per heavy atom. The Morgan fingerprint density at radius 1 is 1.36 bits per heavy atom. The van der Waals surface area contributed by atoms with Gasteiger partial charge in [-0.05, 0) is 31.5 Å². The van der Waals surface area contributed by atoms with Crippen LogP contribution in [0.1, 0.15) is 11.3 Å². The van der Waals surface area contributed by atoms with Crippen LogP contribution in [-0.4, -0.2) is 10.1 Å². The van der Waals surface area contributed by atoms with E-state index in [1.165, 1.54) is 0 Å². The standard InChI is InChI=1S/C11H10N2O/c1-6-5-9-8(3-4-12-9)10-7(2)13-14-11(6)10/h3-5,13H,1-2H3. The van der Waals surface area contributed by atoms with Crippen LogP contribution in [0.5, 0.6) is 0 Å². The van der Waals surface area contributed by atoms with Gasteiger partial charge in [-0.15, -0.1) is 0 Å². The summed E-state index contributed by atoms with van der Waals surface area (Å²) in [5.74, 6) is 0. The predicted octanol–water partition coefficient (Wildman–Crippen LogP) is 2.93. The maximum Gasteiger partial charge on any atom is 0.167 e. The number of aromatic nitrogens is 2. The smallest absolute Gasteiger partial charge is 0.167 e. The van der Waals surface area contributed by atoms with Crippen LogP contribution in [0.25, 0.3) is 21.9 Å². The molecule has 0 saturated heterocycles. The van der Waals surface area contributed by atoms with Gasteiger partial charge in [0.2, 0.25) is 0 Å². The molecule has 0 bridgehead atoms. The zero-order valence-corrected chi connectivity index (χ0v) is 8.09. The Bertz CT molecular complexity index is 619. The number of hydrogen-bond acceptors (Lipinski definition) is 2. The van der Waals surface area contributed by atoms with Crippen LogP contribution in [0, 0.1) is 13.8 Å². The first-order chi connectivity index (χ1) is 6.77. The molecule has 2 aromatic heterocycles. The summed E-state index contributed by atoms with van der Waals surface area (Å²) in [6, 6.07) is 4.07. The van der Waals surface area contributed by atoms with E-state index in [1.54, 1.807) is 0 Å². The lowest BCUT2D eigenvalue weighted by molar-refractivity contribution is 0.449. The van der Waals surface area contributed by atoms with Crippen molar-refractivity contribution in [3.63, 3.8) is 0 Å². The van der Waals surface area contributed by atoms with Crippen molar-refractivity contribution in [1.29, 1.82) is 0 Å². The summed E-state index contributed by atoms with van der Waals surface area (Å²) in [5, 5.41) is 5.21. The van der Waals surface area contributed by atoms with Crippen molar-refractivity contribution in [2.75, 3.05) is 0 Å². The molecule has 0 fully saturated rings. The minimum Gasteiger partial charge on any atom is -0.381 e. The highest BCUT2D eigenvalue weighted by Gasteiger charge is 2.11. The molecule has 0 aliphatic heterocycles. The largest absolute Gasteiger partial charge is 0.381 e. The summed E-state index contributed by atoms with van der Waals surface area (Å²) in [5.41, 5.74) is 4.15. The van der Waals surface area contributed by atoms with Crippen LogP contribution < -0.4 is 0 Å². The van der Waals surface area contributed by atoms with E-state index in [2.05, 4.69) is 16.2 Å². The predicted molar refractivity (Wildman–Crippen MR) is 55.3 cm³/mol. The number of H-pyrrole nitrogens is 1. The zero-order chi connectivity index (χ0) is 9.71. The molecule has 2 heterocycles. The highest BCUT2D eigenvalue weighted by atomic mass is 16.5. The summed E-state index contributed by atoms with van der Waals surface area (Å²) in [7, 11) is 0. The van der Waals surface area contributed by atoms with Crippen LogP contribution in [0.4, 0.5) is 0 Å². The first kappa shape index (κ1) is 7.62. The van der Waals surface area contributed by atoms with Gasteiger partial charge in [-0.3, -0.25) is 4.98 Å². The van der Waals surface area contributed by atoms with Crippen LogP contribution in [0.15, 0.2) is 22.9 Å². The molecule has 0 unspecified atom stereocenters. The number of nitrogens with zero attached hydrogens (tertiary/aromatic N) is 1. The van der Waals surface area contributed by atoms with Gasteiger partial charge >= 0.3 is 0 Å². The summed E-state index contributed by atoms with van der Waals surface area (Å²) in [6.45, 7) is 4.05. The molecule has 70 valence electrons. The number of aryl methyl sites for hydroxylation is 2. The average Bonchev–Trinajstić information content (AvgIpc) is 2.71. The van der Waals surface area contributed by atoms with Gasteiger partial charge in [0.15, 0.2) is 5.58 Å². The lowest BCUT2D eigenvalue weighted by atomic mass is 10.1. The molecule has 0 atom stereocenters. The van der Waals surface area contributed by atoms with E-state index in [1.807, 2.05) is 26.1 Å². The van der Waals surface area contributed by atoms with Crippen LogP contribution in [0.3, 0.4) is 0 Å². The molecule has 3 aromatic rings. The molecule has 1 N–H and O–H groups in total. The molecule has 0 aliphatic rings. The zero-order valence-electron chi connectivity index (χ0n) is 8.09. The maximum atomic E-state index is 5.40. The van der Waals surface area contributed by atoms with E-state index in [-0.39, 0.29) is 0 Å².